The molecule has 0 bridgehead atoms. The van der Waals surface area contributed by atoms with E-state index in [1.165, 1.54) is 5.56 Å². The van der Waals surface area contributed by atoms with Crippen molar-refractivity contribution in [3.8, 4) is 11.8 Å². The lowest BCUT2D eigenvalue weighted by Crippen LogP contribution is -2.14. The predicted molar refractivity (Wildman–Crippen MR) is 84.5 cm³/mol. The Morgan fingerprint density at radius 2 is 1.70 bits per heavy atom. The van der Waals surface area contributed by atoms with Crippen molar-refractivity contribution >= 4 is 15.9 Å². The Bertz CT molecular complexity index is 550. The molecule has 1 aromatic carbocycles. The third-order valence-electron chi connectivity index (χ3n) is 3.56. The summed E-state index contributed by atoms with van der Waals surface area (Å²) < 4.78 is 5.64. The van der Waals surface area contributed by atoms with Gasteiger partial charge >= 0.3 is 6.01 Å². The van der Waals surface area contributed by atoms with Gasteiger partial charge in [0, 0.05) is 17.7 Å². The summed E-state index contributed by atoms with van der Waals surface area (Å²) in [6.45, 7) is 6.68. The van der Waals surface area contributed by atoms with E-state index >= 15 is 0 Å². The molecule has 0 unspecified atom stereocenters. The van der Waals surface area contributed by atoms with E-state index in [-0.39, 0.29) is 5.41 Å². The summed E-state index contributed by atoms with van der Waals surface area (Å²) in [4.78, 5) is 8.34. The van der Waals surface area contributed by atoms with E-state index in [0.717, 1.165) is 23.1 Å². The van der Waals surface area contributed by atoms with Crippen LogP contribution in [0.15, 0.2) is 36.7 Å². The number of aromatic nitrogens is 2. The molecule has 2 rings (SSSR count). The first-order valence-corrected chi connectivity index (χ1v) is 7.82. The molecule has 0 aliphatic carbocycles. The second kappa shape index (κ2) is 6.35. The molecule has 2 aromatic rings. The predicted octanol–water partition coefficient (Wildman–Crippen LogP) is 4.85. The van der Waals surface area contributed by atoms with Crippen LogP contribution in [0.1, 0.15) is 38.3 Å². The molecule has 0 fully saturated rings. The molecule has 0 amide bonds. The molecular formula is C16H19BrN2O. The first-order valence-electron chi connectivity index (χ1n) is 6.70. The molecule has 0 spiro atoms. The number of hydrogen-bond donors (Lipinski definition) is 0. The highest BCUT2D eigenvalue weighted by Gasteiger charge is 2.17. The van der Waals surface area contributed by atoms with Crippen LogP contribution in [0.3, 0.4) is 0 Å². The minimum Gasteiger partial charge on any atom is -0.424 e. The van der Waals surface area contributed by atoms with Crippen molar-refractivity contribution in [1.82, 2.24) is 9.97 Å². The lowest BCUT2D eigenvalue weighted by atomic mass is 9.82. The number of nitrogens with zero attached hydrogens (tertiary/aromatic N) is 2. The molecule has 0 saturated carbocycles. The van der Waals surface area contributed by atoms with Gasteiger partial charge in [-0.2, -0.15) is 0 Å². The Hall–Kier alpha value is -1.42. The van der Waals surface area contributed by atoms with Crippen LogP contribution in [0.25, 0.3) is 0 Å². The lowest BCUT2D eigenvalue weighted by molar-refractivity contribution is 0.439. The van der Waals surface area contributed by atoms with Crippen molar-refractivity contribution in [2.45, 2.75) is 37.9 Å². The van der Waals surface area contributed by atoms with E-state index in [9.17, 15) is 0 Å². The van der Waals surface area contributed by atoms with Crippen LogP contribution in [-0.4, -0.2) is 9.97 Å². The molecule has 20 heavy (non-hydrogen) atoms. The molecule has 0 atom stereocenters. The van der Waals surface area contributed by atoms with Gasteiger partial charge in [0.15, 0.2) is 0 Å². The van der Waals surface area contributed by atoms with Crippen LogP contribution in [-0.2, 0) is 10.7 Å². The van der Waals surface area contributed by atoms with Crippen molar-refractivity contribution in [1.29, 1.82) is 0 Å². The van der Waals surface area contributed by atoms with Crippen LogP contribution in [0.4, 0.5) is 0 Å². The highest BCUT2D eigenvalue weighted by Crippen LogP contribution is 2.28. The van der Waals surface area contributed by atoms with Crippen LogP contribution in [0, 0.1) is 0 Å². The van der Waals surface area contributed by atoms with Gasteiger partial charge in [-0.3, -0.25) is 0 Å². The Morgan fingerprint density at radius 3 is 2.20 bits per heavy atom. The number of benzene rings is 1. The monoisotopic (exact) mass is 334 g/mol. The zero-order chi connectivity index (χ0) is 14.6. The fourth-order valence-corrected chi connectivity index (χ4v) is 2.04. The molecule has 1 heterocycles. The Balaban J connectivity index is 2.10. The molecule has 0 aliphatic rings. The molecular weight excluding hydrogens is 316 g/mol. The average Bonchev–Trinajstić information content (AvgIpc) is 2.48. The number of halogens is 1. The minimum atomic E-state index is 0.187. The number of hydrogen-bond acceptors (Lipinski definition) is 3. The third kappa shape index (κ3) is 3.57. The molecule has 106 valence electrons. The average molecular weight is 335 g/mol. The summed E-state index contributed by atoms with van der Waals surface area (Å²) in [7, 11) is 0. The fourth-order valence-electron chi connectivity index (χ4n) is 1.75. The molecule has 3 nitrogen and oxygen atoms in total. The van der Waals surface area contributed by atoms with Crippen molar-refractivity contribution < 1.29 is 4.74 Å². The van der Waals surface area contributed by atoms with Gasteiger partial charge in [-0.15, -0.1) is 0 Å². The van der Waals surface area contributed by atoms with E-state index in [2.05, 4.69) is 58.8 Å². The van der Waals surface area contributed by atoms with Gasteiger partial charge in [0.1, 0.15) is 5.75 Å². The normalized spacial score (nSPS) is 11.4. The minimum absolute atomic E-state index is 0.187. The van der Waals surface area contributed by atoms with E-state index in [1.807, 2.05) is 12.1 Å². The Morgan fingerprint density at radius 1 is 1.10 bits per heavy atom. The van der Waals surface area contributed by atoms with Gasteiger partial charge in [0.25, 0.3) is 0 Å². The van der Waals surface area contributed by atoms with E-state index in [4.69, 9.17) is 4.74 Å². The summed E-state index contributed by atoms with van der Waals surface area (Å²) in [6, 6.07) is 8.51. The van der Waals surface area contributed by atoms with Crippen LogP contribution < -0.4 is 4.74 Å². The summed E-state index contributed by atoms with van der Waals surface area (Å²) in [5, 5.41) is 0.744. The van der Waals surface area contributed by atoms with Crippen molar-refractivity contribution in [2.24, 2.45) is 0 Å². The van der Waals surface area contributed by atoms with Gasteiger partial charge in [-0.25, -0.2) is 9.97 Å². The van der Waals surface area contributed by atoms with Crippen molar-refractivity contribution in [3.05, 3.63) is 47.8 Å². The number of ether oxygens (including phenoxy) is 1. The van der Waals surface area contributed by atoms with E-state index < -0.39 is 0 Å². The molecule has 1 aromatic heterocycles. The first-order chi connectivity index (χ1) is 9.55. The van der Waals surface area contributed by atoms with Crippen molar-refractivity contribution in [2.75, 3.05) is 0 Å². The standard InChI is InChI=1S/C16H19BrN2O/c1-4-16(2,3)13-5-7-14(8-6-13)20-15-18-10-12(9-17)11-19-15/h5-8,10-11H,4,9H2,1-3H3. The van der Waals surface area contributed by atoms with Gasteiger partial charge in [-0.05, 0) is 35.1 Å². The van der Waals surface area contributed by atoms with Gasteiger partial charge in [-0.1, -0.05) is 48.8 Å². The Kier molecular flexibility index (Phi) is 4.76. The lowest BCUT2D eigenvalue weighted by Gasteiger charge is -2.23. The maximum atomic E-state index is 5.64. The topological polar surface area (TPSA) is 35.0 Å². The van der Waals surface area contributed by atoms with E-state index in [1.54, 1.807) is 12.4 Å². The maximum Gasteiger partial charge on any atom is 0.321 e. The van der Waals surface area contributed by atoms with Gasteiger partial charge < -0.3 is 4.74 Å². The third-order valence-corrected chi connectivity index (χ3v) is 4.21. The Labute approximate surface area is 128 Å². The maximum absolute atomic E-state index is 5.64. The van der Waals surface area contributed by atoms with Crippen LogP contribution in [0.5, 0.6) is 11.8 Å². The SMILES string of the molecule is CCC(C)(C)c1ccc(Oc2ncc(CBr)cn2)cc1. The molecule has 0 N–H and O–H groups in total. The summed E-state index contributed by atoms with van der Waals surface area (Å²) >= 11 is 3.36. The zero-order valence-corrected chi connectivity index (χ0v) is 13.6. The first kappa shape index (κ1) is 15.0. The summed E-state index contributed by atoms with van der Waals surface area (Å²) in [6.07, 6.45) is 4.61. The largest absolute Gasteiger partial charge is 0.424 e. The van der Waals surface area contributed by atoms with Crippen LogP contribution >= 0.6 is 15.9 Å². The second-order valence-electron chi connectivity index (χ2n) is 5.37. The summed E-state index contributed by atoms with van der Waals surface area (Å²) in [5.74, 6) is 0.757. The molecule has 0 radical (unpaired) electrons. The molecule has 0 saturated heterocycles. The fraction of sp³-hybridized carbons (Fsp3) is 0.375. The van der Waals surface area contributed by atoms with E-state index in [0.29, 0.717) is 6.01 Å². The number of alkyl halides is 1. The van der Waals surface area contributed by atoms with Gasteiger partial charge in [0.2, 0.25) is 0 Å². The highest BCUT2D eigenvalue weighted by molar-refractivity contribution is 9.08. The summed E-state index contributed by atoms with van der Waals surface area (Å²) in [5.41, 5.74) is 2.52. The second-order valence-corrected chi connectivity index (χ2v) is 5.93. The van der Waals surface area contributed by atoms with Crippen molar-refractivity contribution in [3.63, 3.8) is 0 Å². The highest BCUT2D eigenvalue weighted by atomic mass is 79.9. The molecule has 4 heteroatoms. The molecule has 0 aliphatic heterocycles. The quantitative estimate of drug-likeness (QED) is 0.733. The number of rotatable bonds is 5. The van der Waals surface area contributed by atoms with Crippen LogP contribution in [0.2, 0.25) is 0 Å². The van der Waals surface area contributed by atoms with Gasteiger partial charge in [0.05, 0.1) is 0 Å². The zero-order valence-electron chi connectivity index (χ0n) is 12.1. The smallest absolute Gasteiger partial charge is 0.321 e.